The van der Waals surface area contributed by atoms with Gasteiger partial charge >= 0.3 is 0 Å². The molecule has 0 aliphatic carbocycles. The van der Waals surface area contributed by atoms with Crippen molar-refractivity contribution >= 4 is 17.2 Å². The Morgan fingerprint density at radius 2 is 2.23 bits per heavy atom. The molecule has 9 heteroatoms. The van der Waals surface area contributed by atoms with E-state index in [9.17, 15) is 9.90 Å². The summed E-state index contributed by atoms with van der Waals surface area (Å²) in [5.74, 6) is 1.04. The second-order valence-corrected chi connectivity index (χ2v) is 6.55. The number of aromatic nitrogens is 3. The summed E-state index contributed by atoms with van der Waals surface area (Å²) in [4.78, 5) is 12.2. The fourth-order valence-electron chi connectivity index (χ4n) is 2.56. The molecule has 2 aromatic heterocycles. The number of aliphatic hydroxyl groups excluding tert-OH is 1. The van der Waals surface area contributed by atoms with E-state index in [4.69, 9.17) is 9.47 Å². The standard InChI is InChI=1S/C17H16N4O4S/c22-14(12-3-4-26-9-12)8-21-7-13(19-20-21)17(23)18-6-11-1-2-15-16(5-11)25-10-24-15/h1-5,7,9,14,22H,6,8,10H2,(H,18,23)/t14-/m1/s1. The van der Waals surface area contributed by atoms with E-state index in [1.54, 1.807) is 0 Å². The largest absolute Gasteiger partial charge is 0.454 e. The highest BCUT2D eigenvalue weighted by Gasteiger charge is 2.16. The SMILES string of the molecule is O=C(NCc1ccc2c(c1)OCO2)c1cn(C[C@@H](O)c2ccsc2)nn1. The first kappa shape index (κ1) is 16.6. The second kappa shape index (κ2) is 7.14. The van der Waals surface area contributed by atoms with Gasteiger partial charge in [-0.2, -0.15) is 11.3 Å². The first-order valence-electron chi connectivity index (χ1n) is 7.96. The Balaban J connectivity index is 1.34. The van der Waals surface area contributed by atoms with Crippen molar-refractivity contribution in [3.8, 4) is 11.5 Å². The molecule has 8 nitrogen and oxygen atoms in total. The van der Waals surface area contributed by atoms with Gasteiger partial charge in [-0.25, -0.2) is 4.68 Å². The summed E-state index contributed by atoms with van der Waals surface area (Å²) < 4.78 is 12.0. The molecular weight excluding hydrogens is 356 g/mol. The van der Waals surface area contributed by atoms with Gasteiger partial charge in [-0.1, -0.05) is 11.3 Å². The molecule has 1 aliphatic rings. The van der Waals surface area contributed by atoms with E-state index >= 15 is 0 Å². The molecule has 4 rings (SSSR count). The zero-order valence-electron chi connectivity index (χ0n) is 13.7. The van der Waals surface area contributed by atoms with Crippen molar-refractivity contribution in [2.45, 2.75) is 19.2 Å². The molecule has 0 spiro atoms. The fourth-order valence-corrected chi connectivity index (χ4v) is 3.27. The number of nitrogens with one attached hydrogen (secondary N) is 1. The zero-order valence-corrected chi connectivity index (χ0v) is 14.5. The van der Waals surface area contributed by atoms with E-state index in [-0.39, 0.29) is 24.9 Å². The molecule has 0 fully saturated rings. The molecule has 2 N–H and O–H groups in total. The molecule has 0 saturated carbocycles. The summed E-state index contributed by atoms with van der Waals surface area (Å²) in [6.45, 7) is 0.782. The fraction of sp³-hybridized carbons (Fsp3) is 0.235. The van der Waals surface area contributed by atoms with Crippen LogP contribution < -0.4 is 14.8 Å². The topological polar surface area (TPSA) is 98.5 Å². The Morgan fingerprint density at radius 1 is 1.35 bits per heavy atom. The average molecular weight is 372 g/mol. The van der Waals surface area contributed by atoms with E-state index in [1.807, 2.05) is 35.0 Å². The van der Waals surface area contributed by atoms with Crippen molar-refractivity contribution in [3.05, 3.63) is 58.0 Å². The van der Waals surface area contributed by atoms with Crippen LogP contribution in [0.15, 0.2) is 41.2 Å². The van der Waals surface area contributed by atoms with Gasteiger partial charge in [0.1, 0.15) is 0 Å². The van der Waals surface area contributed by atoms with Gasteiger partial charge in [0.05, 0.1) is 18.8 Å². The molecule has 1 aromatic carbocycles. The number of carbonyl (C=O) groups is 1. The normalized spacial score (nSPS) is 13.6. The van der Waals surface area contributed by atoms with E-state index in [1.165, 1.54) is 22.2 Å². The Hall–Kier alpha value is -2.91. The minimum Gasteiger partial charge on any atom is -0.454 e. The molecule has 3 aromatic rings. The van der Waals surface area contributed by atoms with Crippen LogP contribution in [0, 0.1) is 0 Å². The van der Waals surface area contributed by atoms with Gasteiger partial charge in [-0.05, 0) is 40.1 Å². The second-order valence-electron chi connectivity index (χ2n) is 5.77. The molecule has 26 heavy (non-hydrogen) atoms. The van der Waals surface area contributed by atoms with Gasteiger partial charge in [-0.15, -0.1) is 5.10 Å². The lowest BCUT2D eigenvalue weighted by Gasteiger charge is -2.07. The molecule has 1 atom stereocenters. The van der Waals surface area contributed by atoms with E-state index in [2.05, 4.69) is 15.6 Å². The van der Waals surface area contributed by atoms with Crippen LogP contribution in [0.1, 0.15) is 27.7 Å². The van der Waals surface area contributed by atoms with Crippen molar-refractivity contribution in [2.24, 2.45) is 0 Å². The highest BCUT2D eigenvalue weighted by molar-refractivity contribution is 7.07. The molecule has 0 unspecified atom stereocenters. The maximum absolute atomic E-state index is 12.2. The third-order valence-corrected chi connectivity index (χ3v) is 4.65. The van der Waals surface area contributed by atoms with Crippen LogP contribution in [-0.2, 0) is 13.1 Å². The number of rotatable bonds is 6. The van der Waals surface area contributed by atoms with Crippen LogP contribution in [0.4, 0.5) is 0 Å². The van der Waals surface area contributed by atoms with Crippen LogP contribution in [-0.4, -0.2) is 32.8 Å². The number of amides is 1. The van der Waals surface area contributed by atoms with Crippen LogP contribution in [0.3, 0.4) is 0 Å². The summed E-state index contributed by atoms with van der Waals surface area (Å²) in [5, 5.41) is 24.5. The van der Waals surface area contributed by atoms with E-state index in [0.29, 0.717) is 18.0 Å². The third-order valence-electron chi connectivity index (χ3n) is 3.95. The zero-order chi connectivity index (χ0) is 17.9. The molecule has 134 valence electrons. The predicted octanol–water partition coefficient (Wildman–Crippen LogP) is 1.73. The molecule has 1 aliphatic heterocycles. The molecule has 1 amide bonds. The summed E-state index contributed by atoms with van der Waals surface area (Å²) in [6.07, 6.45) is 0.831. The Morgan fingerprint density at radius 3 is 3.08 bits per heavy atom. The Labute approximate surface area is 153 Å². The number of nitrogens with zero attached hydrogens (tertiary/aromatic N) is 3. The minimum absolute atomic E-state index is 0.197. The van der Waals surface area contributed by atoms with Crippen molar-refractivity contribution in [3.63, 3.8) is 0 Å². The monoisotopic (exact) mass is 372 g/mol. The van der Waals surface area contributed by atoms with Crippen LogP contribution in [0.25, 0.3) is 0 Å². The number of carbonyl (C=O) groups excluding carboxylic acids is 1. The first-order chi connectivity index (χ1) is 12.7. The van der Waals surface area contributed by atoms with Gasteiger partial charge in [0.2, 0.25) is 6.79 Å². The molecule has 3 heterocycles. The average Bonchev–Trinajstić information content (AvgIpc) is 3.39. The van der Waals surface area contributed by atoms with Crippen molar-refractivity contribution in [2.75, 3.05) is 6.79 Å². The minimum atomic E-state index is -0.688. The van der Waals surface area contributed by atoms with E-state index in [0.717, 1.165) is 11.1 Å². The highest BCUT2D eigenvalue weighted by Crippen LogP contribution is 2.32. The number of ether oxygens (including phenoxy) is 2. The van der Waals surface area contributed by atoms with Crippen molar-refractivity contribution < 1.29 is 19.4 Å². The Kier molecular flexibility index (Phi) is 4.55. The van der Waals surface area contributed by atoms with Gasteiger partial charge in [-0.3, -0.25) is 4.79 Å². The first-order valence-corrected chi connectivity index (χ1v) is 8.90. The number of hydrogen-bond donors (Lipinski definition) is 2. The Bertz CT molecular complexity index is 909. The number of thiophene rings is 1. The quantitative estimate of drug-likeness (QED) is 0.684. The summed E-state index contributed by atoms with van der Waals surface area (Å²) >= 11 is 1.51. The lowest BCUT2D eigenvalue weighted by atomic mass is 10.2. The molecular formula is C17H16N4O4S. The highest BCUT2D eigenvalue weighted by atomic mass is 32.1. The molecule has 0 bridgehead atoms. The van der Waals surface area contributed by atoms with Gasteiger partial charge in [0, 0.05) is 6.54 Å². The van der Waals surface area contributed by atoms with Crippen LogP contribution in [0.2, 0.25) is 0 Å². The predicted molar refractivity (Wildman–Crippen MR) is 93.0 cm³/mol. The summed E-state index contributed by atoms with van der Waals surface area (Å²) in [7, 11) is 0. The maximum atomic E-state index is 12.2. The molecule has 0 radical (unpaired) electrons. The number of hydrogen-bond acceptors (Lipinski definition) is 7. The number of fused-ring (bicyclic) bond motifs is 1. The van der Waals surface area contributed by atoms with Gasteiger partial charge < -0.3 is 19.9 Å². The molecule has 0 saturated heterocycles. The number of benzene rings is 1. The lowest BCUT2D eigenvalue weighted by molar-refractivity contribution is 0.0945. The van der Waals surface area contributed by atoms with Crippen LogP contribution in [0.5, 0.6) is 11.5 Å². The van der Waals surface area contributed by atoms with Crippen LogP contribution >= 0.6 is 11.3 Å². The summed E-state index contributed by atoms with van der Waals surface area (Å²) in [5.41, 5.74) is 1.91. The summed E-state index contributed by atoms with van der Waals surface area (Å²) in [6, 6.07) is 7.36. The maximum Gasteiger partial charge on any atom is 0.273 e. The van der Waals surface area contributed by atoms with Crippen molar-refractivity contribution in [1.82, 2.24) is 20.3 Å². The van der Waals surface area contributed by atoms with Crippen molar-refractivity contribution in [1.29, 1.82) is 0 Å². The van der Waals surface area contributed by atoms with E-state index < -0.39 is 6.10 Å². The van der Waals surface area contributed by atoms with Gasteiger partial charge in [0.15, 0.2) is 17.2 Å². The third kappa shape index (κ3) is 3.53. The smallest absolute Gasteiger partial charge is 0.273 e. The lowest BCUT2D eigenvalue weighted by Crippen LogP contribution is -2.23. The number of aliphatic hydroxyl groups is 1. The van der Waals surface area contributed by atoms with Gasteiger partial charge in [0.25, 0.3) is 5.91 Å².